The Labute approximate surface area is 176 Å². The molecule has 3 aromatic rings. The molecule has 0 bridgehead atoms. The van der Waals surface area contributed by atoms with Crippen LogP contribution in [0.15, 0.2) is 54.6 Å². The highest BCUT2D eigenvalue weighted by atomic mass is 16.3. The molecule has 0 aliphatic carbocycles. The van der Waals surface area contributed by atoms with E-state index in [4.69, 9.17) is 0 Å². The Bertz CT molecular complexity index is 928. The van der Waals surface area contributed by atoms with Crippen molar-refractivity contribution >= 4 is 17.8 Å². The molecular formula is C22H27N7O. The van der Waals surface area contributed by atoms with Crippen LogP contribution in [0.1, 0.15) is 11.1 Å². The average molecular weight is 406 g/mol. The third-order valence-electron chi connectivity index (χ3n) is 4.95. The van der Waals surface area contributed by atoms with E-state index in [1.165, 1.54) is 5.56 Å². The molecule has 0 atom stereocenters. The SMILES string of the molecule is Oc1ccc(CCNc2nc(NCc3ccccc3)nc(N3CCNCC3)n2)cc1. The summed E-state index contributed by atoms with van der Waals surface area (Å²) < 4.78 is 0. The molecule has 0 unspecified atom stereocenters. The third kappa shape index (κ3) is 5.57. The van der Waals surface area contributed by atoms with Gasteiger partial charge in [0.25, 0.3) is 0 Å². The smallest absolute Gasteiger partial charge is 0.232 e. The van der Waals surface area contributed by atoms with E-state index in [2.05, 4.69) is 47.9 Å². The summed E-state index contributed by atoms with van der Waals surface area (Å²) in [5.41, 5.74) is 2.31. The van der Waals surface area contributed by atoms with Gasteiger partial charge in [-0.05, 0) is 29.7 Å². The number of nitrogens with one attached hydrogen (secondary N) is 3. The van der Waals surface area contributed by atoms with Gasteiger partial charge in [0.05, 0.1) is 0 Å². The van der Waals surface area contributed by atoms with Crippen LogP contribution >= 0.6 is 0 Å². The lowest BCUT2D eigenvalue weighted by Gasteiger charge is -2.27. The van der Waals surface area contributed by atoms with Crippen LogP contribution < -0.4 is 20.9 Å². The Morgan fingerprint density at radius 3 is 2.27 bits per heavy atom. The van der Waals surface area contributed by atoms with E-state index >= 15 is 0 Å². The summed E-state index contributed by atoms with van der Waals surface area (Å²) in [6.07, 6.45) is 0.807. The van der Waals surface area contributed by atoms with Crippen molar-refractivity contribution in [1.29, 1.82) is 0 Å². The minimum absolute atomic E-state index is 0.277. The molecule has 2 aromatic carbocycles. The predicted octanol–water partition coefficient (Wildman–Crippen LogP) is 2.25. The zero-order chi connectivity index (χ0) is 20.6. The number of hydrogen-bond acceptors (Lipinski definition) is 8. The normalized spacial score (nSPS) is 13.8. The Balaban J connectivity index is 1.45. The minimum atomic E-state index is 0.277. The van der Waals surface area contributed by atoms with Crippen molar-refractivity contribution in [2.45, 2.75) is 13.0 Å². The van der Waals surface area contributed by atoms with Crippen molar-refractivity contribution in [2.75, 3.05) is 48.3 Å². The van der Waals surface area contributed by atoms with E-state index in [9.17, 15) is 5.11 Å². The fourth-order valence-corrected chi connectivity index (χ4v) is 3.29. The third-order valence-corrected chi connectivity index (χ3v) is 4.95. The summed E-state index contributed by atoms with van der Waals surface area (Å²) in [4.78, 5) is 16.0. The summed E-state index contributed by atoms with van der Waals surface area (Å²) >= 11 is 0. The molecule has 1 saturated heterocycles. The highest BCUT2D eigenvalue weighted by molar-refractivity contribution is 5.44. The van der Waals surface area contributed by atoms with E-state index in [-0.39, 0.29) is 5.75 Å². The molecule has 0 saturated carbocycles. The van der Waals surface area contributed by atoms with Gasteiger partial charge in [-0.25, -0.2) is 0 Å². The first-order valence-corrected chi connectivity index (χ1v) is 10.3. The van der Waals surface area contributed by atoms with E-state index in [1.807, 2.05) is 30.3 Å². The maximum atomic E-state index is 9.42. The van der Waals surface area contributed by atoms with Crippen LogP contribution in [-0.4, -0.2) is 52.8 Å². The van der Waals surface area contributed by atoms with Crippen LogP contribution in [0.4, 0.5) is 17.8 Å². The van der Waals surface area contributed by atoms with E-state index in [0.29, 0.717) is 30.9 Å². The van der Waals surface area contributed by atoms with Crippen molar-refractivity contribution in [2.24, 2.45) is 0 Å². The van der Waals surface area contributed by atoms with Gasteiger partial charge in [-0.1, -0.05) is 42.5 Å². The summed E-state index contributed by atoms with van der Waals surface area (Å²) in [5.74, 6) is 2.09. The zero-order valence-electron chi connectivity index (χ0n) is 16.9. The predicted molar refractivity (Wildman–Crippen MR) is 119 cm³/mol. The van der Waals surface area contributed by atoms with Crippen LogP contribution in [0, 0.1) is 0 Å². The van der Waals surface area contributed by atoms with Crippen LogP contribution in [0.25, 0.3) is 0 Å². The summed E-state index contributed by atoms with van der Waals surface area (Å²) in [6, 6.07) is 17.4. The fourth-order valence-electron chi connectivity index (χ4n) is 3.29. The lowest BCUT2D eigenvalue weighted by Crippen LogP contribution is -2.44. The van der Waals surface area contributed by atoms with Gasteiger partial charge in [0.2, 0.25) is 17.8 Å². The van der Waals surface area contributed by atoms with Crippen molar-refractivity contribution < 1.29 is 5.11 Å². The van der Waals surface area contributed by atoms with Crippen molar-refractivity contribution in [3.05, 3.63) is 65.7 Å². The molecule has 1 aromatic heterocycles. The second-order valence-corrected chi connectivity index (χ2v) is 7.20. The summed E-state index contributed by atoms with van der Waals surface area (Å²) in [5, 5.41) is 19.4. The molecule has 30 heavy (non-hydrogen) atoms. The molecule has 1 aliphatic rings. The van der Waals surface area contributed by atoms with Crippen molar-refractivity contribution in [3.8, 4) is 5.75 Å². The van der Waals surface area contributed by atoms with E-state index in [1.54, 1.807) is 12.1 Å². The molecule has 1 fully saturated rings. The number of anilines is 3. The summed E-state index contributed by atoms with van der Waals surface area (Å²) in [6.45, 7) is 4.92. The first kappa shape index (κ1) is 19.9. The molecule has 1 aliphatic heterocycles. The number of aromatic hydroxyl groups is 1. The molecule has 4 rings (SSSR count). The van der Waals surface area contributed by atoms with Gasteiger partial charge in [0.15, 0.2) is 0 Å². The van der Waals surface area contributed by atoms with Crippen molar-refractivity contribution in [3.63, 3.8) is 0 Å². The van der Waals surface area contributed by atoms with Gasteiger partial charge in [-0.2, -0.15) is 15.0 Å². The average Bonchev–Trinajstić information content (AvgIpc) is 2.80. The number of hydrogen-bond donors (Lipinski definition) is 4. The Kier molecular flexibility index (Phi) is 6.56. The molecule has 156 valence electrons. The number of piperazine rings is 1. The van der Waals surface area contributed by atoms with Gasteiger partial charge in [-0.15, -0.1) is 0 Å². The number of rotatable bonds is 8. The maximum Gasteiger partial charge on any atom is 0.232 e. The molecular weight excluding hydrogens is 378 g/mol. The van der Waals surface area contributed by atoms with Crippen LogP contribution in [0.5, 0.6) is 5.75 Å². The first-order chi connectivity index (χ1) is 14.8. The molecule has 4 N–H and O–H groups in total. The Hall–Kier alpha value is -3.39. The van der Waals surface area contributed by atoms with Gasteiger partial charge in [0.1, 0.15) is 5.75 Å². The van der Waals surface area contributed by atoms with E-state index < -0.39 is 0 Å². The van der Waals surface area contributed by atoms with Gasteiger partial charge in [0, 0.05) is 39.3 Å². The highest BCUT2D eigenvalue weighted by Gasteiger charge is 2.16. The zero-order valence-corrected chi connectivity index (χ0v) is 16.9. The molecule has 0 amide bonds. The van der Waals surface area contributed by atoms with Crippen LogP contribution in [-0.2, 0) is 13.0 Å². The Morgan fingerprint density at radius 2 is 1.53 bits per heavy atom. The molecule has 2 heterocycles. The number of phenolic OH excluding ortho intramolecular Hbond substituents is 1. The number of aromatic nitrogens is 3. The van der Waals surface area contributed by atoms with Crippen LogP contribution in [0.3, 0.4) is 0 Å². The van der Waals surface area contributed by atoms with Gasteiger partial charge < -0.3 is 26.0 Å². The van der Waals surface area contributed by atoms with Gasteiger partial charge in [-0.3, -0.25) is 0 Å². The summed E-state index contributed by atoms with van der Waals surface area (Å²) in [7, 11) is 0. The topological polar surface area (TPSA) is 98.2 Å². The van der Waals surface area contributed by atoms with Crippen molar-refractivity contribution in [1.82, 2.24) is 20.3 Å². The fraction of sp³-hybridized carbons (Fsp3) is 0.318. The standard InChI is InChI=1S/C22H27N7O/c30-19-8-6-17(7-9-19)10-11-24-20-26-21(25-16-18-4-2-1-3-5-18)28-22(27-20)29-14-12-23-13-15-29/h1-9,23,30H,10-16H2,(H2,24,25,26,27,28). The lowest BCUT2D eigenvalue weighted by molar-refractivity contribution is 0.475. The van der Waals surface area contributed by atoms with E-state index in [0.717, 1.165) is 38.2 Å². The first-order valence-electron chi connectivity index (χ1n) is 10.3. The minimum Gasteiger partial charge on any atom is -0.508 e. The molecule has 0 spiro atoms. The number of benzene rings is 2. The monoisotopic (exact) mass is 405 g/mol. The van der Waals surface area contributed by atoms with Crippen LogP contribution in [0.2, 0.25) is 0 Å². The quantitative estimate of drug-likeness (QED) is 0.453. The molecule has 0 radical (unpaired) electrons. The largest absolute Gasteiger partial charge is 0.508 e. The Morgan fingerprint density at radius 1 is 0.833 bits per heavy atom. The van der Waals surface area contributed by atoms with Gasteiger partial charge >= 0.3 is 0 Å². The number of phenols is 1. The highest BCUT2D eigenvalue weighted by Crippen LogP contribution is 2.16. The lowest BCUT2D eigenvalue weighted by atomic mass is 10.1. The second kappa shape index (κ2) is 9.89. The molecule has 8 nitrogen and oxygen atoms in total. The number of nitrogens with zero attached hydrogens (tertiary/aromatic N) is 4. The second-order valence-electron chi connectivity index (χ2n) is 7.20. The maximum absolute atomic E-state index is 9.42. The molecule has 8 heteroatoms.